The maximum Gasteiger partial charge on any atom is 0.325 e. The molecule has 2 fully saturated rings. The average Bonchev–Trinajstić information content (AvgIpc) is 3.24. The van der Waals surface area contributed by atoms with E-state index in [1.807, 2.05) is 11.0 Å². The molecule has 1 aromatic heterocycles. The number of thioether (sulfide) groups is 1. The summed E-state index contributed by atoms with van der Waals surface area (Å²) < 4.78 is 1.54. The Bertz CT molecular complexity index is 571. The summed E-state index contributed by atoms with van der Waals surface area (Å²) in [6.07, 6.45) is 6.22. The zero-order valence-electron chi connectivity index (χ0n) is 13.2. The van der Waals surface area contributed by atoms with Crippen molar-refractivity contribution in [2.75, 3.05) is 24.6 Å². The fourth-order valence-corrected chi connectivity index (χ4v) is 4.23. The van der Waals surface area contributed by atoms with E-state index in [0.717, 1.165) is 36.8 Å². The molecule has 6 nitrogen and oxygen atoms in total. The van der Waals surface area contributed by atoms with Gasteiger partial charge in [-0.05, 0) is 43.4 Å². The first-order valence-electron chi connectivity index (χ1n) is 8.22. The standard InChI is InChI=1S/C16H23N3O3S/c20-15(11-23-10-12-3-4-12)18-7-1-2-13(8-18)14-5-6-17-19(14)9-16(21)22/h5-6,12-13H,1-4,7-11H2,(H,21,22)/t13-/m1/s1. The van der Waals surface area contributed by atoms with Crippen molar-refractivity contribution in [2.24, 2.45) is 5.92 Å². The molecule has 126 valence electrons. The van der Waals surface area contributed by atoms with E-state index in [2.05, 4.69) is 5.10 Å². The molecule has 1 atom stereocenters. The van der Waals surface area contributed by atoms with E-state index in [1.165, 1.54) is 12.8 Å². The molecule has 0 unspecified atom stereocenters. The number of rotatable bonds is 7. The van der Waals surface area contributed by atoms with Crippen LogP contribution in [-0.4, -0.2) is 56.3 Å². The minimum absolute atomic E-state index is 0.121. The van der Waals surface area contributed by atoms with Crippen LogP contribution in [0.2, 0.25) is 0 Å². The number of amides is 1. The minimum Gasteiger partial charge on any atom is -0.480 e. The Labute approximate surface area is 140 Å². The Morgan fingerprint density at radius 2 is 2.17 bits per heavy atom. The van der Waals surface area contributed by atoms with Gasteiger partial charge in [-0.25, -0.2) is 0 Å². The Hall–Kier alpha value is -1.50. The summed E-state index contributed by atoms with van der Waals surface area (Å²) in [5.74, 6) is 2.02. The molecule has 1 saturated carbocycles. The van der Waals surface area contributed by atoms with Gasteiger partial charge in [-0.2, -0.15) is 16.9 Å². The van der Waals surface area contributed by atoms with Crippen LogP contribution in [-0.2, 0) is 16.1 Å². The summed E-state index contributed by atoms with van der Waals surface area (Å²) in [4.78, 5) is 25.2. The van der Waals surface area contributed by atoms with Crippen molar-refractivity contribution in [1.82, 2.24) is 14.7 Å². The number of piperidine rings is 1. The molecule has 1 aliphatic carbocycles. The second-order valence-corrected chi connectivity index (χ2v) is 7.48. The Morgan fingerprint density at radius 1 is 1.35 bits per heavy atom. The molecule has 1 aliphatic heterocycles. The molecule has 1 aromatic rings. The number of carbonyl (C=O) groups is 2. The normalized spacial score (nSPS) is 21.4. The highest BCUT2D eigenvalue weighted by molar-refractivity contribution is 7.99. The topological polar surface area (TPSA) is 75.4 Å². The Kier molecular flexibility index (Phi) is 5.25. The van der Waals surface area contributed by atoms with Crippen LogP contribution in [0, 0.1) is 5.92 Å². The first kappa shape index (κ1) is 16.4. The summed E-state index contributed by atoms with van der Waals surface area (Å²) in [5, 5.41) is 13.1. The van der Waals surface area contributed by atoms with Crippen molar-refractivity contribution in [1.29, 1.82) is 0 Å². The maximum atomic E-state index is 12.4. The summed E-state index contributed by atoms with van der Waals surface area (Å²) in [5.41, 5.74) is 0.926. The van der Waals surface area contributed by atoms with Crippen LogP contribution in [0.15, 0.2) is 12.3 Å². The van der Waals surface area contributed by atoms with Crippen LogP contribution in [0.5, 0.6) is 0 Å². The van der Waals surface area contributed by atoms with E-state index >= 15 is 0 Å². The number of hydrogen-bond donors (Lipinski definition) is 1. The second kappa shape index (κ2) is 7.38. The van der Waals surface area contributed by atoms with Gasteiger partial charge in [-0.3, -0.25) is 14.3 Å². The summed E-state index contributed by atoms with van der Waals surface area (Å²) >= 11 is 1.75. The highest BCUT2D eigenvalue weighted by atomic mass is 32.2. The Balaban J connectivity index is 1.55. The molecule has 3 rings (SSSR count). The molecular formula is C16H23N3O3S. The number of carboxylic acid groups (broad SMARTS) is 1. The van der Waals surface area contributed by atoms with E-state index in [9.17, 15) is 9.59 Å². The monoisotopic (exact) mass is 337 g/mol. The molecule has 0 bridgehead atoms. The third kappa shape index (κ3) is 4.50. The van der Waals surface area contributed by atoms with Crippen LogP contribution < -0.4 is 0 Å². The van der Waals surface area contributed by atoms with Gasteiger partial charge in [0.15, 0.2) is 0 Å². The molecular weight excluding hydrogens is 314 g/mol. The van der Waals surface area contributed by atoms with Crippen molar-refractivity contribution in [3.05, 3.63) is 18.0 Å². The largest absolute Gasteiger partial charge is 0.480 e. The van der Waals surface area contributed by atoms with E-state index in [1.54, 1.807) is 22.6 Å². The van der Waals surface area contributed by atoms with Crippen LogP contribution in [0.4, 0.5) is 0 Å². The number of carbonyl (C=O) groups excluding carboxylic acids is 1. The molecule has 2 aliphatic rings. The van der Waals surface area contributed by atoms with Gasteiger partial charge in [0, 0.05) is 30.9 Å². The fourth-order valence-electron chi connectivity index (χ4n) is 3.08. The average molecular weight is 337 g/mol. The van der Waals surface area contributed by atoms with Gasteiger partial charge < -0.3 is 10.0 Å². The van der Waals surface area contributed by atoms with Gasteiger partial charge in [0.1, 0.15) is 6.54 Å². The van der Waals surface area contributed by atoms with Gasteiger partial charge in [0.25, 0.3) is 0 Å². The van der Waals surface area contributed by atoms with Crippen LogP contribution in [0.1, 0.15) is 37.3 Å². The number of aromatic nitrogens is 2. The smallest absolute Gasteiger partial charge is 0.325 e. The van der Waals surface area contributed by atoms with Crippen molar-refractivity contribution in [3.63, 3.8) is 0 Å². The summed E-state index contributed by atoms with van der Waals surface area (Å²) in [6.45, 7) is 1.37. The molecule has 1 N–H and O–H groups in total. The molecule has 0 aromatic carbocycles. The zero-order valence-corrected chi connectivity index (χ0v) is 14.0. The zero-order chi connectivity index (χ0) is 16.2. The first-order valence-corrected chi connectivity index (χ1v) is 9.38. The number of aliphatic carboxylic acids is 1. The van der Waals surface area contributed by atoms with Gasteiger partial charge in [-0.1, -0.05) is 0 Å². The van der Waals surface area contributed by atoms with Crippen LogP contribution in [0.3, 0.4) is 0 Å². The third-order valence-electron chi connectivity index (χ3n) is 4.50. The van der Waals surface area contributed by atoms with Gasteiger partial charge >= 0.3 is 5.97 Å². The van der Waals surface area contributed by atoms with Gasteiger partial charge in [0.2, 0.25) is 5.91 Å². The highest BCUT2D eigenvalue weighted by Gasteiger charge is 2.28. The van der Waals surface area contributed by atoms with Crippen molar-refractivity contribution < 1.29 is 14.7 Å². The van der Waals surface area contributed by atoms with E-state index < -0.39 is 5.97 Å². The number of hydrogen-bond acceptors (Lipinski definition) is 4. The quantitative estimate of drug-likeness (QED) is 0.821. The summed E-state index contributed by atoms with van der Waals surface area (Å²) in [7, 11) is 0. The SMILES string of the molecule is O=C(O)Cn1nccc1[C@@H]1CCCN(C(=O)CSCC2CC2)C1. The van der Waals surface area contributed by atoms with Crippen LogP contribution in [0.25, 0.3) is 0 Å². The lowest BCUT2D eigenvalue weighted by Crippen LogP contribution is -2.40. The fraction of sp³-hybridized carbons (Fsp3) is 0.688. The van der Waals surface area contributed by atoms with Crippen molar-refractivity contribution >= 4 is 23.6 Å². The molecule has 1 saturated heterocycles. The maximum absolute atomic E-state index is 12.4. The van der Waals surface area contributed by atoms with E-state index in [-0.39, 0.29) is 18.4 Å². The van der Waals surface area contributed by atoms with E-state index in [0.29, 0.717) is 12.3 Å². The molecule has 1 amide bonds. The third-order valence-corrected chi connectivity index (χ3v) is 5.66. The van der Waals surface area contributed by atoms with Crippen molar-refractivity contribution in [3.8, 4) is 0 Å². The van der Waals surface area contributed by atoms with E-state index in [4.69, 9.17) is 5.11 Å². The molecule has 0 spiro atoms. The predicted molar refractivity (Wildman–Crippen MR) is 88.5 cm³/mol. The van der Waals surface area contributed by atoms with Crippen LogP contribution >= 0.6 is 11.8 Å². The lowest BCUT2D eigenvalue weighted by Gasteiger charge is -2.33. The Morgan fingerprint density at radius 3 is 2.91 bits per heavy atom. The number of nitrogens with zero attached hydrogens (tertiary/aromatic N) is 3. The van der Waals surface area contributed by atoms with Gasteiger partial charge in [0.05, 0.1) is 5.75 Å². The minimum atomic E-state index is -0.893. The molecule has 23 heavy (non-hydrogen) atoms. The predicted octanol–water partition coefficient (Wildman–Crippen LogP) is 1.82. The van der Waals surface area contributed by atoms with Crippen molar-refractivity contribution in [2.45, 2.75) is 38.1 Å². The lowest BCUT2D eigenvalue weighted by molar-refractivity contribution is -0.138. The summed E-state index contributed by atoms with van der Waals surface area (Å²) in [6, 6.07) is 1.88. The molecule has 7 heteroatoms. The van der Waals surface area contributed by atoms with Gasteiger partial charge in [-0.15, -0.1) is 0 Å². The lowest BCUT2D eigenvalue weighted by atomic mass is 9.94. The highest BCUT2D eigenvalue weighted by Crippen LogP contribution is 2.32. The number of likely N-dealkylation sites (tertiary alicyclic amines) is 1. The molecule has 2 heterocycles. The number of carboxylic acids is 1. The molecule has 0 radical (unpaired) electrons. The second-order valence-electron chi connectivity index (χ2n) is 6.44. The first-order chi connectivity index (χ1) is 11.1.